The minimum atomic E-state index is 0.136. The fraction of sp³-hybridized carbons (Fsp3) is 0.900. The third kappa shape index (κ3) is 1.25. The number of carbonyl (C=O) groups excluding carboxylic acids is 1. The van der Waals surface area contributed by atoms with Gasteiger partial charge < -0.3 is 15.0 Å². The van der Waals surface area contributed by atoms with Gasteiger partial charge in [-0.25, -0.2) is 0 Å². The molecule has 4 aliphatic heterocycles. The van der Waals surface area contributed by atoms with Crippen molar-refractivity contribution in [3.05, 3.63) is 0 Å². The van der Waals surface area contributed by atoms with Gasteiger partial charge in [-0.2, -0.15) is 0 Å². The Bertz CT molecular complexity index is 245. The highest BCUT2D eigenvalue weighted by atomic mass is 16.5. The summed E-state index contributed by atoms with van der Waals surface area (Å²) in [6, 6.07) is 1.15. The van der Waals surface area contributed by atoms with Crippen molar-refractivity contribution in [1.29, 1.82) is 0 Å². The monoisotopic (exact) mass is 196 g/mol. The molecule has 0 aromatic heterocycles. The van der Waals surface area contributed by atoms with Gasteiger partial charge in [0.25, 0.3) is 0 Å². The summed E-state index contributed by atoms with van der Waals surface area (Å²) in [5, 5.41) is 3.28. The lowest BCUT2D eigenvalue weighted by atomic mass is 9.88. The van der Waals surface area contributed by atoms with Gasteiger partial charge in [-0.3, -0.25) is 4.79 Å². The van der Waals surface area contributed by atoms with Crippen LogP contribution in [0.25, 0.3) is 0 Å². The topological polar surface area (TPSA) is 41.6 Å². The molecule has 1 amide bonds. The molecule has 4 aliphatic rings. The highest BCUT2D eigenvalue weighted by Crippen LogP contribution is 2.26. The van der Waals surface area contributed by atoms with Gasteiger partial charge in [0.05, 0.1) is 6.04 Å². The van der Waals surface area contributed by atoms with E-state index in [9.17, 15) is 4.79 Å². The maximum atomic E-state index is 11.9. The van der Waals surface area contributed by atoms with Crippen LogP contribution in [0.1, 0.15) is 19.3 Å². The van der Waals surface area contributed by atoms with E-state index < -0.39 is 0 Å². The second-order valence-corrected chi connectivity index (χ2v) is 4.49. The Balaban J connectivity index is 1.68. The van der Waals surface area contributed by atoms with Crippen molar-refractivity contribution >= 4 is 5.91 Å². The maximum Gasteiger partial charge on any atom is 0.240 e. The smallest absolute Gasteiger partial charge is 0.240 e. The van der Waals surface area contributed by atoms with Gasteiger partial charge in [-0.1, -0.05) is 0 Å². The van der Waals surface area contributed by atoms with Gasteiger partial charge in [-0.15, -0.1) is 0 Å². The zero-order chi connectivity index (χ0) is 9.54. The molecule has 4 rings (SSSR count). The molecule has 78 valence electrons. The van der Waals surface area contributed by atoms with Crippen molar-refractivity contribution in [2.75, 3.05) is 19.8 Å². The van der Waals surface area contributed by atoms with E-state index in [-0.39, 0.29) is 6.04 Å². The molecule has 4 saturated heterocycles. The summed E-state index contributed by atoms with van der Waals surface area (Å²) < 4.78 is 5.31. The molecule has 4 heteroatoms. The van der Waals surface area contributed by atoms with E-state index in [0.717, 1.165) is 39.0 Å². The third-order valence-corrected chi connectivity index (χ3v) is 3.59. The van der Waals surface area contributed by atoms with Crippen molar-refractivity contribution < 1.29 is 9.53 Å². The van der Waals surface area contributed by atoms with Crippen LogP contribution in [0.2, 0.25) is 0 Å². The maximum absolute atomic E-state index is 11.9. The van der Waals surface area contributed by atoms with Gasteiger partial charge in [-0.05, 0) is 19.3 Å². The van der Waals surface area contributed by atoms with Crippen LogP contribution in [-0.4, -0.2) is 48.7 Å². The van der Waals surface area contributed by atoms with Crippen molar-refractivity contribution in [2.45, 2.75) is 37.4 Å². The Hall–Kier alpha value is -0.610. The Kier molecular flexibility index (Phi) is 1.99. The largest absolute Gasteiger partial charge is 0.381 e. The first kappa shape index (κ1) is 8.68. The second-order valence-electron chi connectivity index (χ2n) is 4.49. The molecule has 4 fully saturated rings. The molecule has 1 N–H and O–H groups in total. The van der Waals surface area contributed by atoms with E-state index in [1.807, 2.05) is 0 Å². The zero-order valence-electron chi connectivity index (χ0n) is 8.24. The lowest BCUT2D eigenvalue weighted by Crippen LogP contribution is -2.71. The van der Waals surface area contributed by atoms with Crippen LogP contribution in [0.15, 0.2) is 0 Å². The average Bonchev–Trinajstić information content (AvgIpc) is 2.17. The predicted molar refractivity (Wildman–Crippen MR) is 50.9 cm³/mol. The van der Waals surface area contributed by atoms with Crippen molar-refractivity contribution in [1.82, 2.24) is 10.2 Å². The van der Waals surface area contributed by atoms with Crippen molar-refractivity contribution in [2.24, 2.45) is 0 Å². The van der Waals surface area contributed by atoms with Gasteiger partial charge >= 0.3 is 0 Å². The standard InChI is InChI=1S/C10H16N2O2/c13-10-9-5-7(11-9)6-12(10)8-1-3-14-4-2-8/h7-9,11H,1-6H2/t7-,9+/m1/s1. The Labute approximate surface area is 83.6 Å². The van der Waals surface area contributed by atoms with Crippen LogP contribution < -0.4 is 5.32 Å². The van der Waals surface area contributed by atoms with Crippen LogP contribution in [-0.2, 0) is 9.53 Å². The number of amides is 1. The van der Waals surface area contributed by atoms with E-state index in [1.54, 1.807) is 0 Å². The average molecular weight is 196 g/mol. The van der Waals surface area contributed by atoms with Crippen LogP contribution in [0.3, 0.4) is 0 Å². The lowest BCUT2D eigenvalue weighted by Gasteiger charge is -2.50. The first-order valence-electron chi connectivity index (χ1n) is 5.49. The Morgan fingerprint density at radius 3 is 2.71 bits per heavy atom. The number of hydrogen-bond acceptors (Lipinski definition) is 3. The highest BCUT2D eigenvalue weighted by molar-refractivity contribution is 5.85. The van der Waals surface area contributed by atoms with Crippen LogP contribution >= 0.6 is 0 Å². The number of piperazine rings is 1. The molecule has 2 atom stereocenters. The summed E-state index contributed by atoms with van der Waals surface area (Å²) in [4.78, 5) is 14.0. The number of piperidine rings is 1. The van der Waals surface area contributed by atoms with E-state index in [1.165, 1.54) is 0 Å². The van der Waals surface area contributed by atoms with E-state index >= 15 is 0 Å². The normalized spacial score (nSPS) is 38.3. The number of rotatable bonds is 1. The number of ether oxygens (including phenoxy) is 1. The van der Waals surface area contributed by atoms with Gasteiger partial charge in [0.1, 0.15) is 0 Å². The third-order valence-electron chi connectivity index (χ3n) is 3.59. The summed E-state index contributed by atoms with van der Waals surface area (Å²) in [5.41, 5.74) is 0. The minimum Gasteiger partial charge on any atom is -0.381 e. The molecule has 0 aromatic carbocycles. The number of nitrogens with zero attached hydrogens (tertiary/aromatic N) is 1. The molecule has 4 heterocycles. The molecule has 0 aromatic rings. The number of fused-ring (bicyclic) bond motifs is 2. The fourth-order valence-electron chi connectivity index (χ4n) is 2.70. The first-order chi connectivity index (χ1) is 6.84. The SMILES string of the molecule is O=C1[C@@H]2C[C@H](CN1C1CCOCC1)N2. The first-order valence-corrected chi connectivity index (χ1v) is 5.49. The molecule has 0 saturated carbocycles. The predicted octanol–water partition coefficient (Wildman–Crippen LogP) is -0.262. The molecule has 2 bridgehead atoms. The summed E-state index contributed by atoms with van der Waals surface area (Å²) >= 11 is 0. The summed E-state index contributed by atoms with van der Waals surface area (Å²) in [7, 11) is 0. The van der Waals surface area contributed by atoms with E-state index in [4.69, 9.17) is 4.74 Å². The quantitative estimate of drug-likeness (QED) is 0.628. The summed E-state index contributed by atoms with van der Waals surface area (Å²) in [6.07, 6.45) is 3.09. The summed E-state index contributed by atoms with van der Waals surface area (Å²) in [6.45, 7) is 2.55. The van der Waals surface area contributed by atoms with Gasteiger partial charge in [0.2, 0.25) is 5.91 Å². The Morgan fingerprint density at radius 2 is 2.07 bits per heavy atom. The molecular weight excluding hydrogens is 180 g/mol. The number of hydrogen-bond donors (Lipinski definition) is 1. The molecule has 14 heavy (non-hydrogen) atoms. The number of carbonyl (C=O) groups is 1. The highest BCUT2D eigenvalue weighted by Gasteiger charge is 2.45. The molecule has 4 nitrogen and oxygen atoms in total. The Morgan fingerprint density at radius 1 is 1.36 bits per heavy atom. The van der Waals surface area contributed by atoms with Crippen molar-refractivity contribution in [3.63, 3.8) is 0 Å². The fourth-order valence-corrected chi connectivity index (χ4v) is 2.70. The van der Waals surface area contributed by atoms with Crippen LogP contribution in [0.4, 0.5) is 0 Å². The van der Waals surface area contributed by atoms with Gasteiger partial charge in [0.15, 0.2) is 0 Å². The molecule has 0 unspecified atom stereocenters. The lowest BCUT2D eigenvalue weighted by molar-refractivity contribution is -0.148. The second kappa shape index (κ2) is 3.21. The molecule has 0 radical (unpaired) electrons. The molecule has 0 aliphatic carbocycles. The molecule has 0 spiro atoms. The molecular formula is C10H16N2O2. The van der Waals surface area contributed by atoms with Crippen LogP contribution in [0.5, 0.6) is 0 Å². The van der Waals surface area contributed by atoms with E-state index in [0.29, 0.717) is 18.0 Å². The van der Waals surface area contributed by atoms with Crippen molar-refractivity contribution in [3.8, 4) is 0 Å². The zero-order valence-corrected chi connectivity index (χ0v) is 8.24. The summed E-state index contributed by atoms with van der Waals surface area (Å²) in [5.74, 6) is 0.319. The number of nitrogens with one attached hydrogen (secondary N) is 1. The van der Waals surface area contributed by atoms with Gasteiger partial charge in [0, 0.05) is 31.8 Å². The van der Waals surface area contributed by atoms with Crippen LogP contribution in [0, 0.1) is 0 Å². The minimum absolute atomic E-state index is 0.136. The van der Waals surface area contributed by atoms with E-state index in [2.05, 4.69) is 10.2 Å².